The molecule has 54 heavy (non-hydrogen) atoms. The number of imide groups is 1. The molecule has 2 aliphatic heterocycles. The minimum Gasteiger partial charge on any atom is -0.326 e. The standard InChI is InChI=1S/C46H63N3O5/c1-5-29-45(7-3,40(50)33-27-25-32(26-28-33)31-48-42(52)34-19-17-18-20-35(34)43(48)53)47-38-23-15-11-9-13-21-36(38)41(51)46(8-4,30-6-2)49-39-24-16-12-10-14-22-37(39)44(49)54/h17-20,25-28,36-39,47H,5-16,21-24,29-31H2,1-4H3/t36-,37-,38+,39+,45?,46?/m1/s1. The first-order chi connectivity index (χ1) is 26.2. The molecule has 0 spiro atoms. The number of β-lactam (4-membered cyclic amide) rings is 1. The molecule has 2 heterocycles. The van der Waals surface area contributed by atoms with Crippen LogP contribution in [-0.4, -0.2) is 62.2 Å². The number of amides is 3. The predicted molar refractivity (Wildman–Crippen MR) is 212 cm³/mol. The van der Waals surface area contributed by atoms with Gasteiger partial charge in [0.05, 0.1) is 29.1 Å². The molecule has 8 nitrogen and oxygen atoms in total. The van der Waals surface area contributed by atoms with Crippen LogP contribution in [0, 0.1) is 11.8 Å². The first kappa shape index (κ1) is 40.0. The van der Waals surface area contributed by atoms with Crippen LogP contribution in [0.25, 0.3) is 0 Å². The molecule has 6 atom stereocenters. The smallest absolute Gasteiger partial charge is 0.261 e. The monoisotopic (exact) mass is 737 g/mol. The van der Waals surface area contributed by atoms with Crippen molar-refractivity contribution < 1.29 is 24.0 Å². The molecule has 3 amide bonds. The second-order valence-electron chi connectivity index (χ2n) is 16.7. The number of nitrogens with zero attached hydrogens (tertiary/aromatic N) is 2. The Bertz CT molecular complexity index is 1650. The van der Waals surface area contributed by atoms with Crippen molar-refractivity contribution in [2.45, 2.75) is 173 Å². The molecule has 292 valence electrons. The van der Waals surface area contributed by atoms with Crippen LogP contribution < -0.4 is 5.32 Å². The lowest BCUT2D eigenvalue weighted by Crippen LogP contribution is -2.73. The van der Waals surface area contributed by atoms with E-state index in [1.807, 2.05) is 24.3 Å². The SMILES string of the molecule is CCCC(CC)(N[C@H]1CCCCCC[C@H]1C(=O)C(CC)(CCC)N1C(=O)[C@@H]2CCCCCC[C@@H]21)C(=O)c1ccc(CN2C(=O)c3ccccc3C2=O)cc1. The molecule has 2 saturated carbocycles. The Morgan fingerprint density at radius 1 is 0.704 bits per heavy atom. The number of benzene rings is 2. The molecule has 8 heteroatoms. The summed E-state index contributed by atoms with van der Waals surface area (Å²) in [5, 5.41) is 3.94. The highest BCUT2D eigenvalue weighted by Crippen LogP contribution is 2.46. The van der Waals surface area contributed by atoms with Gasteiger partial charge in [-0.25, -0.2) is 0 Å². The van der Waals surface area contributed by atoms with E-state index in [-0.39, 0.29) is 59.8 Å². The zero-order chi connectivity index (χ0) is 38.5. The van der Waals surface area contributed by atoms with Gasteiger partial charge in [-0.15, -0.1) is 0 Å². The minimum atomic E-state index is -0.863. The summed E-state index contributed by atoms with van der Waals surface area (Å²) in [5.41, 5.74) is 0.520. The van der Waals surface area contributed by atoms with Gasteiger partial charge in [-0.05, 0) is 69.1 Å². The number of hydrogen-bond acceptors (Lipinski definition) is 6. The molecule has 4 aliphatic rings. The summed E-state index contributed by atoms with van der Waals surface area (Å²) in [4.78, 5) is 73.6. The summed E-state index contributed by atoms with van der Waals surface area (Å²) in [7, 11) is 0. The lowest BCUT2D eigenvalue weighted by Gasteiger charge is -2.58. The van der Waals surface area contributed by atoms with Gasteiger partial charge < -0.3 is 10.2 Å². The van der Waals surface area contributed by atoms with Crippen molar-refractivity contribution in [2.24, 2.45) is 11.8 Å². The Labute approximate surface area is 323 Å². The highest BCUT2D eigenvalue weighted by molar-refractivity contribution is 6.21. The molecule has 1 saturated heterocycles. The van der Waals surface area contributed by atoms with Crippen LogP contribution in [0.1, 0.15) is 180 Å². The second kappa shape index (κ2) is 17.4. The van der Waals surface area contributed by atoms with Crippen molar-refractivity contribution in [1.29, 1.82) is 0 Å². The van der Waals surface area contributed by atoms with Gasteiger partial charge in [0.1, 0.15) is 5.54 Å². The van der Waals surface area contributed by atoms with E-state index in [4.69, 9.17) is 0 Å². The molecule has 0 bridgehead atoms. The van der Waals surface area contributed by atoms with E-state index in [2.05, 4.69) is 37.9 Å². The maximum atomic E-state index is 15.4. The molecule has 3 fully saturated rings. The van der Waals surface area contributed by atoms with Crippen molar-refractivity contribution in [3.05, 3.63) is 70.8 Å². The number of rotatable bonds is 15. The lowest BCUT2D eigenvalue weighted by atomic mass is 9.67. The van der Waals surface area contributed by atoms with Gasteiger partial charge in [-0.1, -0.05) is 128 Å². The van der Waals surface area contributed by atoms with Crippen LogP contribution in [0.4, 0.5) is 0 Å². The van der Waals surface area contributed by atoms with Gasteiger partial charge >= 0.3 is 0 Å². The van der Waals surface area contributed by atoms with Gasteiger partial charge in [0.2, 0.25) is 5.91 Å². The predicted octanol–water partition coefficient (Wildman–Crippen LogP) is 9.24. The first-order valence-corrected chi connectivity index (χ1v) is 21.4. The van der Waals surface area contributed by atoms with E-state index >= 15 is 4.79 Å². The zero-order valence-corrected chi connectivity index (χ0v) is 33.3. The van der Waals surface area contributed by atoms with Crippen molar-refractivity contribution in [3.8, 4) is 0 Å². The third-order valence-corrected chi connectivity index (χ3v) is 13.5. The number of fused-ring (bicyclic) bond motifs is 2. The molecule has 2 unspecified atom stereocenters. The highest BCUT2D eigenvalue weighted by Gasteiger charge is 2.59. The molecular formula is C46H63N3O5. The third-order valence-electron chi connectivity index (χ3n) is 13.5. The number of likely N-dealkylation sites (tertiary alicyclic amines) is 1. The Balaban J connectivity index is 1.26. The molecule has 1 N–H and O–H groups in total. The maximum Gasteiger partial charge on any atom is 0.261 e. The largest absolute Gasteiger partial charge is 0.326 e. The maximum absolute atomic E-state index is 15.4. The van der Waals surface area contributed by atoms with Crippen LogP contribution in [0.15, 0.2) is 48.5 Å². The average molecular weight is 738 g/mol. The molecule has 2 aromatic carbocycles. The van der Waals surface area contributed by atoms with Crippen molar-refractivity contribution in [1.82, 2.24) is 15.1 Å². The Morgan fingerprint density at radius 2 is 1.30 bits per heavy atom. The molecular weight excluding hydrogens is 675 g/mol. The minimum absolute atomic E-state index is 0.0120. The number of carbonyl (C=O) groups is 5. The highest BCUT2D eigenvalue weighted by atomic mass is 16.2. The number of Topliss-reactive ketones (excluding diaryl/α,β-unsaturated/α-hetero) is 2. The fraction of sp³-hybridized carbons (Fsp3) is 0.630. The van der Waals surface area contributed by atoms with Crippen LogP contribution >= 0.6 is 0 Å². The Hall–Kier alpha value is -3.65. The van der Waals surface area contributed by atoms with Gasteiger partial charge in [-0.3, -0.25) is 28.9 Å². The molecule has 0 aromatic heterocycles. The quantitative estimate of drug-likeness (QED) is 0.111. The molecule has 6 rings (SSSR count). The fourth-order valence-electron chi connectivity index (χ4n) is 10.5. The molecule has 0 radical (unpaired) electrons. The van der Waals surface area contributed by atoms with E-state index in [1.54, 1.807) is 24.3 Å². The van der Waals surface area contributed by atoms with Crippen molar-refractivity contribution in [2.75, 3.05) is 0 Å². The Kier molecular flexibility index (Phi) is 12.9. The topological polar surface area (TPSA) is 104 Å². The van der Waals surface area contributed by atoms with Crippen molar-refractivity contribution >= 4 is 29.3 Å². The van der Waals surface area contributed by atoms with E-state index in [1.165, 1.54) is 17.7 Å². The zero-order valence-electron chi connectivity index (χ0n) is 33.3. The van der Waals surface area contributed by atoms with Gasteiger partial charge in [0.15, 0.2) is 11.6 Å². The summed E-state index contributed by atoms with van der Waals surface area (Å²) in [6, 6.07) is 14.2. The summed E-state index contributed by atoms with van der Waals surface area (Å²) >= 11 is 0. The van der Waals surface area contributed by atoms with Crippen molar-refractivity contribution in [3.63, 3.8) is 0 Å². The first-order valence-electron chi connectivity index (χ1n) is 21.4. The summed E-state index contributed by atoms with van der Waals surface area (Å²) in [6.07, 6.45) is 16.4. The number of nitrogens with one attached hydrogen (secondary N) is 1. The fourth-order valence-corrected chi connectivity index (χ4v) is 10.5. The normalized spacial score (nSPS) is 25.6. The van der Waals surface area contributed by atoms with E-state index in [0.717, 1.165) is 82.6 Å². The summed E-state index contributed by atoms with van der Waals surface area (Å²) in [5.74, 6) is -0.410. The van der Waals surface area contributed by atoms with Crippen LogP contribution in [0.2, 0.25) is 0 Å². The lowest BCUT2D eigenvalue weighted by molar-refractivity contribution is -0.179. The molecule has 2 aliphatic carbocycles. The van der Waals surface area contributed by atoms with Crippen LogP contribution in [-0.2, 0) is 16.1 Å². The Morgan fingerprint density at radius 3 is 1.89 bits per heavy atom. The average Bonchev–Trinajstić information content (AvgIpc) is 3.40. The van der Waals surface area contributed by atoms with Gasteiger partial charge in [-0.2, -0.15) is 0 Å². The third kappa shape index (κ3) is 7.48. The van der Waals surface area contributed by atoms with Crippen LogP contribution in [0.5, 0.6) is 0 Å². The number of ketones is 2. The molecule has 2 aromatic rings. The van der Waals surface area contributed by atoms with E-state index < -0.39 is 11.1 Å². The number of carbonyl (C=O) groups excluding carboxylic acids is 5. The van der Waals surface area contributed by atoms with Gasteiger partial charge in [0, 0.05) is 23.6 Å². The summed E-state index contributed by atoms with van der Waals surface area (Å²) in [6.45, 7) is 8.56. The van der Waals surface area contributed by atoms with E-state index in [9.17, 15) is 19.2 Å². The van der Waals surface area contributed by atoms with Crippen LogP contribution in [0.3, 0.4) is 0 Å². The summed E-state index contributed by atoms with van der Waals surface area (Å²) < 4.78 is 0. The van der Waals surface area contributed by atoms with Gasteiger partial charge in [0.25, 0.3) is 11.8 Å². The number of hydrogen-bond donors (Lipinski definition) is 1. The second-order valence-corrected chi connectivity index (χ2v) is 16.7. The van der Waals surface area contributed by atoms with E-state index in [0.29, 0.717) is 42.4 Å².